The fourth-order valence-electron chi connectivity index (χ4n) is 0.883. The van der Waals surface area contributed by atoms with E-state index >= 15 is 0 Å². The number of aryl methyl sites for hydroxylation is 1. The van der Waals surface area contributed by atoms with Gasteiger partial charge in [-0.25, -0.2) is 4.99 Å². The highest BCUT2D eigenvalue weighted by atomic mass is 127. The Morgan fingerprint density at radius 3 is 2.58 bits per heavy atom. The van der Waals surface area contributed by atoms with Crippen molar-refractivity contribution in [3.05, 3.63) is 27.3 Å². The quantitative estimate of drug-likeness (QED) is 0.463. The molecule has 0 aromatic heterocycles. The summed E-state index contributed by atoms with van der Waals surface area (Å²) in [5.74, 6) is 0.0966. The Morgan fingerprint density at radius 2 is 2.08 bits per heavy atom. The van der Waals surface area contributed by atoms with Crippen molar-refractivity contribution in [1.82, 2.24) is 0 Å². The van der Waals surface area contributed by atoms with E-state index in [1.165, 1.54) is 3.57 Å². The van der Waals surface area contributed by atoms with E-state index in [1.54, 1.807) is 0 Å². The van der Waals surface area contributed by atoms with E-state index in [2.05, 4.69) is 27.6 Å². The minimum atomic E-state index is 0.0966. The van der Waals surface area contributed by atoms with Gasteiger partial charge in [-0.2, -0.15) is 0 Å². The summed E-state index contributed by atoms with van der Waals surface area (Å²) in [6.07, 6.45) is 0. The van der Waals surface area contributed by atoms with Crippen LogP contribution in [0.2, 0.25) is 0 Å². The summed E-state index contributed by atoms with van der Waals surface area (Å²) in [5.41, 5.74) is 12.4. The van der Waals surface area contributed by atoms with Crippen LogP contribution in [0, 0.1) is 10.5 Å². The van der Waals surface area contributed by atoms with Crippen LogP contribution in [-0.2, 0) is 0 Å². The predicted octanol–water partition coefficient (Wildman–Crippen LogP) is 1.50. The monoisotopic (exact) mass is 275 g/mol. The molecular formula is C8H10IN3. The highest BCUT2D eigenvalue weighted by Crippen LogP contribution is 2.19. The van der Waals surface area contributed by atoms with Crippen LogP contribution in [0.4, 0.5) is 5.69 Å². The van der Waals surface area contributed by atoms with Gasteiger partial charge in [0.15, 0.2) is 5.96 Å². The van der Waals surface area contributed by atoms with E-state index in [1.807, 2.05) is 25.1 Å². The van der Waals surface area contributed by atoms with Gasteiger partial charge in [-0.1, -0.05) is 0 Å². The van der Waals surface area contributed by atoms with Crippen molar-refractivity contribution in [2.75, 3.05) is 0 Å². The topological polar surface area (TPSA) is 64.4 Å². The molecule has 4 N–H and O–H groups in total. The SMILES string of the molecule is Cc1cc(I)ccc1N=C(N)N. The zero-order valence-corrected chi connectivity index (χ0v) is 8.87. The lowest BCUT2D eigenvalue weighted by atomic mass is 10.2. The average molecular weight is 275 g/mol. The van der Waals surface area contributed by atoms with Gasteiger partial charge < -0.3 is 11.5 Å². The largest absolute Gasteiger partial charge is 0.370 e. The van der Waals surface area contributed by atoms with E-state index in [9.17, 15) is 0 Å². The van der Waals surface area contributed by atoms with E-state index in [0.29, 0.717) is 0 Å². The van der Waals surface area contributed by atoms with Crippen LogP contribution in [0.5, 0.6) is 0 Å². The van der Waals surface area contributed by atoms with Gasteiger partial charge in [-0.3, -0.25) is 0 Å². The highest BCUT2D eigenvalue weighted by Gasteiger charge is 1.96. The molecule has 0 heterocycles. The lowest BCUT2D eigenvalue weighted by Gasteiger charge is -2.00. The number of hydrogen-bond acceptors (Lipinski definition) is 1. The molecule has 0 amide bonds. The Morgan fingerprint density at radius 1 is 1.42 bits per heavy atom. The van der Waals surface area contributed by atoms with Crippen molar-refractivity contribution in [1.29, 1.82) is 0 Å². The fraction of sp³-hybridized carbons (Fsp3) is 0.125. The summed E-state index contributed by atoms with van der Waals surface area (Å²) in [5, 5.41) is 0. The molecule has 64 valence electrons. The molecule has 12 heavy (non-hydrogen) atoms. The summed E-state index contributed by atoms with van der Waals surface area (Å²) in [4.78, 5) is 3.97. The highest BCUT2D eigenvalue weighted by molar-refractivity contribution is 14.1. The Hall–Kier alpha value is -0.780. The third kappa shape index (κ3) is 2.37. The van der Waals surface area contributed by atoms with Gasteiger partial charge in [-0.15, -0.1) is 0 Å². The zero-order chi connectivity index (χ0) is 9.14. The first-order valence-electron chi connectivity index (χ1n) is 3.45. The first kappa shape index (κ1) is 9.31. The number of nitrogens with zero attached hydrogens (tertiary/aromatic N) is 1. The van der Waals surface area contributed by atoms with E-state index < -0.39 is 0 Å². The molecule has 0 fully saturated rings. The zero-order valence-electron chi connectivity index (χ0n) is 6.71. The lowest BCUT2D eigenvalue weighted by molar-refractivity contribution is 1.35. The molecule has 3 nitrogen and oxygen atoms in total. The number of benzene rings is 1. The lowest BCUT2D eigenvalue weighted by Crippen LogP contribution is -2.21. The van der Waals surface area contributed by atoms with Crippen molar-refractivity contribution in [3.63, 3.8) is 0 Å². The van der Waals surface area contributed by atoms with Crippen molar-refractivity contribution in [2.24, 2.45) is 16.5 Å². The molecule has 0 radical (unpaired) electrons. The number of nitrogens with two attached hydrogens (primary N) is 2. The molecule has 0 unspecified atom stereocenters. The summed E-state index contributed by atoms with van der Waals surface area (Å²) < 4.78 is 1.18. The van der Waals surface area contributed by atoms with Gasteiger partial charge >= 0.3 is 0 Å². The van der Waals surface area contributed by atoms with Crippen molar-refractivity contribution in [3.8, 4) is 0 Å². The van der Waals surface area contributed by atoms with Crippen molar-refractivity contribution < 1.29 is 0 Å². The van der Waals surface area contributed by atoms with Crippen LogP contribution >= 0.6 is 22.6 Å². The van der Waals surface area contributed by atoms with Gasteiger partial charge in [-0.05, 0) is 53.3 Å². The molecule has 0 saturated carbocycles. The van der Waals surface area contributed by atoms with Crippen LogP contribution < -0.4 is 11.5 Å². The predicted molar refractivity (Wildman–Crippen MR) is 59.4 cm³/mol. The molecule has 0 aliphatic heterocycles. The molecule has 0 saturated heterocycles. The summed E-state index contributed by atoms with van der Waals surface area (Å²) in [6, 6.07) is 5.90. The first-order chi connectivity index (χ1) is 5.59. The van der Waals surface area contributed by atoms with Crippen molar-refractivity contribution in [2.45, 2.75) is 6.92 Å². The maximum absolute atomic E-state index is 5.26. The molecule has 1 rings (SSSR count). The molecule has 1 aromatic carbocycles. The van der Waals surface area contributed by atoms with Gasteiger partial charge in [0.1, 0.15) is 0 Å². The van der Waals surface area contributed by atoms with Crippen LogP contribution in [0.15, 0.2) is 23.2 Å². The van der Waals surface area contributed by atoms with Crippen LogP contribution in [-0.4, -0.2) is 5.96 Å². The molecule has 1 aromatic rings. The third-order valence-electron chi connectivity index (χ3n) is 1.41. The minimum absolute atomic E-state index is 0.0966. The first-order valence-corrected chi connectivity index (χ1v) is 4.53. The van der Waals surface area contributed by atoms with E-state index in [4.69, 9.17) is 11.5 Å². The molecule has 0 aliphatic rings. The minimum Gasteiger partial charge on any atom is -0.370 e. The van der Waals surface area contributed by atoms with E-state index in [0.717, 1.165) is 11.3 Å². The van der Waals surface area contributed by atoms with Crippen LogP contribution in [0.1, 0.15) is 5.56 Å². The van der Waals surface area contributed by atoms with Gasteiger partial charge in [0.25, 0.3) is 0 Å². The molecular weight excluding hydrogens is 265 g/mol. The summed E-state index contributed by atoms with van der Waals surface area (Å²) in [6.45, 7) is 1.98. The second-order valence-electron chi connectivity index (χ2n) is 2.47. The smallest absolute Gasteiger partial charge is 0.191 e. The maximum Gasteiger partial charge on any atom is 0.191 e. The van der Waals surface area contributed by atoms with Gasteiger partial charge in [0.2, 0.25) is 0 Å². The molecule has 0 aliphatic carbocycles. The number of hydrogen-bond donors (Lipinski definition) is 2. The second kappa shape index (κ2) is 3.75. The van der Waals surface area contributed by atoms with Gasteiger partial charge in [0, 0.05) is 3.57 Å². The Balaban J connectivity index is 3.10. The molecule has 4 heteroatoms. The number of aliphatic imine (C=N–C) groups is 1. The Labute approximate surface area is 85.0 Å². The summed E-state index contributed by atoms with van der Waals surface area (Å²) in [7, 11) is 0. The van der Waals surface area contributed by atoms with Crippen molar-refractivity contribution >= 4 is 34.2 Å². The Bertz CT molecular complexity index is 316. The van der Waals surface area contributed by atoms with E-state index in [-0.39, 0.29) is 5.96 Å². The molecule has 0 atom stereocenters. The standard InChI is InChI=1S/C8H10IN3/c1-5-4-6(9)2-3-7(5)12-8(10)11/h2-4H,1H3,(H4,10,11,12). The third-order valence-corrected chi connectivity index (χ3v) is 2.08. The second-order valence-corrected chi connectivity index (χ2v) is 3.71. The average Bonchev–Trinajstić information content (AvgIpc) is 1.94. The fourth-order valence-corrected chi connectivity index (χ4v) is 1.53. The Kier molecular flexibility index (Phi) is 2.91. The molecule has 0 spiro atoms. The van der Waals surface area contributed by atoms with Crippen LogP contribution in [0.25, 0.3) is 0 Å². The summed E-state index contributed by atoms with van der Waals surface area (Å²) >= 11 is 2.24. The van der Waals surface area contributed by atoms with Gasteiger partial charge in [0.05, 0.1) is 5.69 Å². The normalized spacial score (nSPS) is 9.50. The number of rotatable bonds is 1. The number of halogens is 1. The molecule has 0 bridgehead atoms. The van der Waals surface area contributed by atoms with Crippen LogP contribution in [0.3, 0.4) is 0 Å². The maximum atomic E-state index is 5.26. The number of guanidine groups is 1.